The molecular formula is C19H30FN3O. The maximum Gasteiger partial charge on any atom is 0.220 e. The van der Waals surface area contributed by atoms with Crippen LogP contribution in [0.25, 0.3) is 0 Å². The lowest BCUT2D eigenvalue weighted by Crippen LogP contribution is -2.41. The van der Waals surface area contributed by atoms with E-state index in [2.05, 4.69) is 5.32 Å². The molecular weight excluding hydrogens is 305 g/mol. The Morgan fingerprint density at radius 1 is 1.33 bits per heavy atom. The first-order valence-corrected chi connectivity index (χ1v) is 8.84. The Balaban J connectivity index is 1.95. The molecule has 5 heteroatoms. The van der Waals surface area contributed by atoms with Crippen LogP contribution in [0.3, 0.4) is 0 Å². The lowest BCUT2D eigenvalue weighted by Gasteiger charge is -2.36. The number of amides is 1. The molecule has 4 nitrogen and oxygen atoms in total. The molecule has 1 aliphatic rings. The smallest absolute Gasteiger partial charge is 0.220 e. The molecule has 1 amide bonds. The predicted molar refractivity (Wildman–Crippen MR) is 95.0 cm³/mol. The highest BCUT2D eigenvalue weighted by Gasteiger charge is 2.33. The third-order valence-corrected chi connectivity index (χ3v) is 5.23. The van der Waals surface area contributed by atoms with Gasteiger partial charge < -0.3 is 16.0 Å². The summed E-state index contributed by atoms with van der Waals surface area (Å²) in [6, 6.07) is 6.50. The van der Waals surface area contributed by atoms with Crippen LogP contribution in [0.1, 0.15) is 50.1 Å². The highest BCUT2D eigenvalue weighted by Crippen LogP contribution is 2.38. The van der Waals surface area contributed by atoms with Gasteiger partial charge in [0.15, 0.2) is 0 Å². The molecule has 0 spiro atoms. The van der Waals surface area contributed by atoms with Crippen molar-refractivity contribution in [3.8, 4) is 0 Å². The molecule has 1 aromatic carbocycles. The normalized spacial score (nSPS) is 18.4. The minimum Gasteiger partial charge on any atom is -0.354 e. The molecule has 0 bridgehead atoms. The van der Waals surface area contributed by atoms with Crippen LogP contribution in [0.5, 0.6) is 0 Å². The third kappa shape index (κ3) is 5.02. The van der Waals surface area contributed by atoms with E-state index in [9.17, 15) is 9.18 Å². The SMILES string of the molecule is CN(C)C(CNC(=O)CC1(CN)CCCCC1)c1cccc(F)c1. The number of benzene rings is 1. The largest absolute Gasteiger partial charge is 0.354 e. The van der Waals surface area contributed by atoms with Crippen LogP contribution in [-0.4, -0.2) is 38.0 Å². The number of likely N-dealkylation sites (N-methyl/N-ethyl adjacent to an activating group) is 1. The van der Waals surface area contributed by atoms with Crippen LogP contribution in [0, 0.1) is 11.2 Å². The van der Waals surface area contributed by atoms with Crippen molar-refractivity contribution in [1.82, 2.24) is 10.2 Å². The first-order chi connectivity index (χ1) is 11.5. The van der Waals surface area contributed by atoms with Gasteiger partial charge in [-0.25, -0.2) is 4.39 Å². The van der Waals surface area contributed by atoms with E-state index >= 15 is 0 Å². The number of nitrogens with two attached hydrogens (primary N) is 1. The Bertz CT molecular complexity index is 541. The van der Waals surface area contributed by atoms with Gasteiger partial charge in [-0.1, -0.05) is 31.4 Å². The molecule has 0 radical (unpaired) electrons. The Morgan fingerprint density at radius 3 is 2.62 bits per heavy atom. The molecule has 3 N–H and O–H groups in total. The van der Waals surface area contributed by atoms with Crippen LogP contribution in [0.4, 0.5) is 4.39 Å². The van der Waals surface area contributed by atoms with Crippen molar-refractivity contribution in [2.45, 2.75) is 44.6 Å². The van der Waals surface area contributed by atoms with Crippen molar-refractivity contribution < 1.29 is 9.18 Å². The van der Waals surface area contributed by atoms with Gasteiger partial charge in [0.25, 0.3) is 0 Å². The summed E-state index contributed by atoms with van der Waals surface area (Å²) in [5.74, 6) is -0.208. The van der Waals surface area contributed by atoms with Crippen molar-refractivity contribution in [3.05, 3.63) is 35.6 Å². The summed E-state index contributed by atoms with van der Waals surface area (Å²) >= 11 is 0. The van der Waals surface area contributed by atoms with Crippen LogP contribution >= 0.6 is 0 Å². The maximum atomic E-state index is 13.5. The lowest BCUT2D eigenvalue weighted by atomic mass is 9.71. The second kappa shape index (κ2) is 8.58. The van der Waals surface area contributed by atoms with Crippen molar-refractivity contribution >= 4 is 5.91 Å². The van der Waals surface area contributed by atoms with Crippen LogP contribution in [0.15, 0.2) is 24.3 Å². The molecule has 134 valence electrons. The van der Waals surface area contributed by atoms with E-state index in [1.54, 1.807) is 6.07 Å². The predicted octanol–water partition coefficient (Wildman–Crippen LogP) is 2.84. The third-order valence-electron chi connectivity index (χ3n) is 5.23. The van der Waals surface area contributed by atoms with Gasteiger partial charge >= 0.3 is 0 Å². The fourth-order valence-corrected chi connectivity index (χ4v) is 3.68. The summed E-state index contributed by atoms with van der Waals surface area (Å²) in [7, 11) is 3.87. The van der Waals surface area contributed by atoms with E-state index < -0.39 is 0 Å². The first-order valence-electron chi connectivity index (χ1n) is 8.84. The maximum absolute atomic E-state index is 13.5. The second-order valence-corrected chi connectivity index (χ2v) is 7.28. The highest BCUT2D eigenvalue weighted by atomic mass is 19.1. The number of rotatable bonds is 7. The fourth-order valence-electron chi connectivity index (χ4n) is 3.68. The number of carbonyl (C=O) groups is 1. The number of halogens is 1. The topological polar surface area (TPSA) is 58.4 Å². The molecule has 0 aromatic heterocycles. The number of nitrogens with one attached hydrogen (secondary N) is 1. The highest BCUT2D eigenvalue weighted by molar-refractivity contribution is 5.76. The lowest BCUT2D eigenvalue weighted by molar-refractivity contribution is -0.124. The van der Waals surface area contributed by atoms with Gasteiger partial charge in [-0.05, 0) is 56.6 Å². The number of hydrogen-bond acceptors (Lipinski definition) is 3. The number of carbonyl (C=O) groups excluding carboxylic acids is 1. The molecule has 1 atom stereocenters. The summed E-state index contributed by atoms with van der Waals surface area (Å²) in [6.45, 7) is 1.04. The van der Waals surface area contributed by atoms with Crippen LogP contribution in [-0.2, 0) is 4.79 Å². The molecule has 1 unspecified atom stereocenters. The zero-order chi connectivity index (χ0) is 17.6. The Morgan fingerprint density at radius 2 is 2.04 bits per heavy atom. The molecule has 0 heterocycles. The molecule has 0 aliphatic heterocycles. The van der Waals surface area contributed by atoms with Gasteiger partial charge in [0.2, 0.25) is 5.91 Å². The van der Waals surface area contributed by atoms with Gasteiger partial charge in [-0.2, -0.15) is 0 Å². The average Bonchev–Trinajstić information content (AvgIpc) is 2.55. The number of hydrogen-bond donors (Lipinski definition) is 2. The van der Waals surface area contributed by atoms with Gasteiger partial charge in [0.05, 0.1) is 6.04 Å². The zero-order valence-electron chi connectivity index (χ0n) is 14.9. The van der Waals surface area contributed by atoms with E-state index in [4.69, 9.17) is 5.73 Å². The van der Waals surface area contributed by atoms with Gasteiger partial charge in [-0.3, -0.25) is 4.79 Å². The van der Waals surface area contributed by atoms with E-state index in [0.29, 0.717) is 19.5 Å². The van der Waals surface area contributed by atoms with Crippen LogP contribution < -0.4 is 11.1 Å². The minimum atomic E-state index is -0.255. The Labute approximate surface area is 144 Å². The molecule has 1 fully saturated rings. The van der Waals surface area contributed by atoms with E-state index in [0.717, 1.165) is 31.2 Å². The summed E-state index contributed by atoms with van der Waals surface area (Å²) < 4.78 is 13.5. The molecule has 1 aromatic rings. The molecule has 1 aliphatic carbocycles. The molecule has 24 heavy (non-hydrogen) atoms. The average molecular weight is 335 g/mol. The molecule has 1 saturated carbocycles. The number of nitrogens with zero attached hydrogens (tertiary/aromatic N) is 1. The van der Waals surface area contributed by atoms with Crippen molar-refractivity contribution in [3.63, 3.8) is 0 Å². The van der Waals surface area contributed by atoms with Gasteiger partial charge in [-0.15, -0.1) is 0 Å². The summed E-state index contributed by atoms with van der Waals surface area (Å²) in [4.78, 5) is 14.4. The van der Waals surface area contributed by atoms with Crippen molar-refractivity contribution in [2.24, 2.45) is 11.1 Å². The monoisotopic (exact) mass is 335 g/mol. The fraction of sp³-hybridized carbons (Fsp3) is 0.632. The van der Waals surface area contributed by atoms with Gasteiger partial charge in [0, 0.05) is 13.0 Å². The summed E-state index contributed by atoms with van der Waals surface area (Å²) in [6.07, 6.45) is 6.14. The zero-order valence-corrected chi connectivity index (χ0v) is 14.9. The van der Waals surface area contributed by atoms with Crippen LogP contribution in [0.2, 0.25) is 0 Å². The summed E-state index contributed by atoms with van der Waals surface area (Å²) in [5.41, 5.74) is 6.80. The quantitative estimate of drug-likeness (QED) is 0.805. The standard InChI is InChI=1S/C19H30FN3O/c1-23(2)17(15-7-6-8-16(20)11-15)13-22-18(24)12-19(14-21)9-4-3-5-10-19/h6-8,11,17H,3-5,9-10,12-14,21H2,1-2H3,(H,22,24). The van der Waals surface area contributed by atoms with Crippen molar-refractivity contribution in [1.29, 1.82) is 0 Å². The Kier molecular flexibility index (Phi) is 6.75. The van der Waals surface area contributed by atoms with E-state index in [1.165, 1.54) is 18.6 Å². The van der Waals surface area contributed by atoms with Gasteiger partial charge in [0.1, 0.15) is 5.82 Å². The Hall–Kier alpha value is -1.46. The summed E-state index contributed by atoms with van der Waals surface area (Å²) in [5, 5.41) is 3.03. The molecule has 0 saturated heterocycles. The molecule has 2 rings (SSSR count). The first kappa shape index (κ1) is 18.9. The van der Waals surface area contributed by atoms with Crippen molar-refractivity contribution in [2.75, 3.05) is 27.2 Å². The minimum absolute atomic E-state index is 0.0329. The van der Waals surface area contributed by atoms with E-state index in [-0.39, 0.29) is 23.2 Å². The van der Waals surface area contributed by atoms with E-state index in [1.807, 2.05) is 25.1 Å². The second-order valence-electron chi connectivity index (χ2n) is 7.28.